The molecule has 16 heavy (non-hydrogen) atoms. The Morgan fingerprint density at radius 2 is 1.75 bits per heavy atom. The summed E-state index contributed by atoms with van der Waals surface area (Å²) in [7, 11) is 0. The van der Waals surface area contributed by atoms with Gasteiger partial charge in [-0.15, -0.1) is 5.10 Å². The van der Waals surface area contributed by atoms with Crippen LogP contribution in [0.15, 0.2) is 37.5 Å². The lowest BCUT2D eigenvalue weighted by Gasteiger charge is -2.11. The highest BCUT2D eigenvalue weighted by molar-refractivity contribution is 5.86. The van der Waals surface area contributed by atoms with Gasteiger partial charge in [0.2, 0.25) is 5.76 Å². The third-order valence-corrected chi connectivity index (χ3v) is 1.62. The Bertz CT molecular complexity index is 410. The maximum absolute atomic E-state index is 11.2. The van der Waals surface area contributed by atoms with Crippen molar-refractivity contribution in [2.24, 2.45) is 25.9 Å². The standard InChI is InChI=1S/C7H5N5O4/c13-5-1-2-6(14)16-7-4(15-5)3-8-10-12-11-9-7/h3H,1-2H2/b4-3?,7-4-,8-3-,9-7?,10-8?,11-9-,12-10-,12-11?. The first-order valence-corrected chi connectivity index (χ1v) is 4.25. The van der Waals surface area contributed by atoms with Crippen LogP contribution in [0.4, 0.5) is 0 Å². The second-order valence-corrected chi connectivity index (χ2v) is 2.73. The number of allylic oxidation sites excluding steroid dienone is 1. The molecule has 2 aliphatic heterocycles. The zero-order chi connectivity index (χ0) is 11.4. The van der Waals surface area contributed by atoms with Gasteiger partial charge in [-0.3, -0.25) is 9.59 Å². The molecule has 0 amide bonds. The summed E-state index contributed by atoms with van der Waals surface area (Å²) in [6.07, 6.45) is 0.916. The molecule has 9 nitrogen and oxygen atoms in total. The smallest absolute Gasteiger partial charge is 0.313 e. The van der Waals surface area contributed by atoms with Crippen molar-refractivity contribution in [2.75, 3.05) is 0 Å². The monoisotopic (exact) mass is 223 g/mol. The van der Waals surface area contributed by atoms with E-state index in [4.69, 9.17) is 9.47 Å². The number of nitrogens with zero attached hydrogens (tertiary/aromatic N) is 5. The first kappa shape index (κ1) is 10.1. The summed E-state index contributed by atoms with van der Waals surface area (Å²) in [4.78, 5) is 22.4. The molecule has 0 aromatic heterocycles. The highest BCUT2D eigenvalue weighted by Crippen LogP contribution is 2.16. The molecular formula is C7H5N5O4. The molecule has 0 aliphatic carbocycles. The van der Waals surface area contributed by atoms with Gasteiger partial charge in [0.05, 0.1) is 19.1 Å². The van der Waals surface area contributed by atoms with E-state index in [0.717, 1.165) is 6.21 Å². The van der Waals surface area contributed by atoms with Gasteiger partial charge in [0.1, 0.15) is 0 Å². The Balaban J connectivity index is 2.37. The zero-order valence-electron chi connectivity index (χ0n) is 7.86. The van der Waals surface area contributed by atoms with Crippen LogP contribution in [0.25, 0.3) is 0 Å². The Kier molecular flexibility index (Phi) is 2.76. The molecule has 0 unspecified atom stereocenters. The third kappa shape index (κ3) is 2.32. The van der Waals surface area contributed by atoms with Gasteiger partial charge < -0.3 is 9.47 Å². The zero-order valence-corrected chi connectivity index (χ0v) is 7.86. The largest absolute Gasteiger partial charge is 0.419 e. The number of esters is 2. The second kappa shape index (κ2) is 4.38. The van der Waals surface area contributed by atoms with Crippen molar-refractivity contribution < 1.29 is 19.1 Å². The van der Waals surface area contributed by atoms with E-state index in [-0.39, 0.29) is 24.5 Å². The van der Waals surface area contributed by atoms with Crippen LogP contribution in [0.5, 0.6) is 0 Å². The van der Waals surface area contributed by atoms with Gasteiger partial charge in [0, 0.05) is 0 Å². The van der Waals surface area contributed by atoms with Crippen LogP contribution in [-0.2, 0) is 19.1 Å². The number of hydrogen-bond donors (Lipinski definition) is 0. The van der Waals surface area contributed by atoms with Gasteiger partial charge >= 0.3 is 11.9 Å². The van der Waals surface area contributed by atoms with E-state index < -0.39 is 11.9 Å². The molecule has 0 fully saturated rings. The summed E-state index contributed by atoms with van der Waals surface area (Å²) in [5.74, 6) is -1.57. The molecule has 0 bridgehead atoms. The summed E-state index contributed by atoms with van der Waals surface area (Å²) in [5.41, 5.74) is 0. The lowest BCUT2D eigenvalue weighted by molar-refractivity contribution is -0.148. The molecule has 0 atom stereocenters. The van der Waals surface area contributed by atoms with Crippen molar-refractivity contribution in [2.45, 2.75) is 12.8 Å². The second-order valence-electron chi connectivity index (χ2n) is 2.73. The van der Waals surface area contributed by atoms with Gasteiger partial charge in [-0.25, -0.2) is 0 Å². The summed E-state index contributed by atoms with van der Waals surface area (Å²) >= 11 is 0. The minimum atomic E-state index is -0.603. The molecule has 0 saturated heterocycles. The van der Waals surface area contributed by atoms with Crippen LogP contribution in [0, 0.1) is 0 Å². The molecule has 0 radical (unpaired) electrons. The summed E-state index contributed by atoms with van der Waals surface area (Å²) in [6.45, 7) is 0. The van der Waals surface area contributed by atoms with Crippen molar-refractivity contribution in [3.05, 3.63) is 11.6 Å². The van der Waals surface area contributed by atoms with Crippen molar-refractivity contribution in [1.82, 2.24) is 0 Å². The van der Waals surface area contributed by atoms with E-state index in [9.17, 15) is 9.59 Å². The maximum atomic E-state index is 11.2. The van der Waals surface area contributed by atoms with Gasteiger partial charge in [-0.05, 0) is 15.7 Å². The maximum Gasteiger partial charge on any atom is 0.313 e. The molecule has 0 aromatic carbocycles. The first-order valence-electron chi connectivity index (χ1n) is 4.25. The van der Waals surface area contributed by atoms with E-state index in [1.807, 2.05) is 0 Å². The fraction of sp³-hybridized carbons (Fsp3) is 0.286. The van der Waals surface area contributed by atoms with Crippen molar-refractivity contribution in [3.63, 3.8) is 0 Å². The van der Waals surface area contributed by atoms with Gasteiger partial charge in [-0.1, -0.05) is 5.11 Å². The quantitative estimate of drug-likeness (QED) is 0.566. The summed E-state index contributed by atoms with van der Waals surface area (Å²) < 4.78 is 9.63. The molecule has 82 valence electrons. The fourth-order valence-corrected chi connectivity index (χ4v) is 0.962. The Hall–Kier alpha value is -2.45. The van der Waals surface area contributed by atoms with E-state index in [1.54, 1.807) is 0 Å². The van der Waals surface area contributed by atoms with E-state index in [0.29, 0.717) is 0 Å². The minimum Gasteiger partial charge on any atom is -0.419 e. The Labute approximate surface area is 88.5 Å². The fourth-order valence-electron chi connectivity index (χ4n) is 0.962. The number of carbonyl (C=O) groups excluding carboxylic acids is 2. The molecular weight excluding hydrogens is 218 g/mol. The lowest BCUT2D eigenvalue weighted by Crippen LogP contribution is -2.16. The van der Waals surface area contributed by atoms with Gasteiger partial charge in [0.25, 0.3) is 5.88 Å². The van der Waals surface area contributed by atoms with Crippen LogP contribution in [0.3, 0.4) is 0 Å². The van der Waals surface area contributed by atoms with Crippen LogP contribution in [0.2, 0.25) is 0 Å². The molecule has 2 aliphatic rings. The van der Waals surface area contributed by atoms with Crippen LogP contribution in [0.1, 0.15) is 12.8 Å². The lowest BCUT2D eigenvalue weighted by atomic mass is 10.3. The number of rotatable bonds is 0. The van der Waals surface area contributed by atoms with E-state index >= 15 is 0 Å². The van der Waals surface area contributed by atoms with Gasteiger partial charge in [0.15, 0.2) is 0 Å². The van der Waals surface area contributed by atoms with Crippen molar-refractivity contribution in [1.29, 1.82) is 0 Å². The molecule has 0 N–H and O–H groups in total. The molecule has 2 heterocycles. The highest BCUT2D eigenvalue weighted by atomic mass is 16.6. The number of carbonyl (C=O) groups is 2. The Morgan fingerprint density at radius 3 is 2.56 bits per heavy atom. The van der Waals surface area contributed by atoms with E-state index in [1.165, 1.54) is 0 Å². The topological polar surface area (TPSA) is 114 Å². The average molecular weight is 223 g/mol. The van der Waals surface area contributed by atoms with Gasteiger partial charge in [-0.2, -0.15) is 0 Å². The summed E-state index contributed by atoms with van der Waals surface area (Å²) in [6, 6.07) is 0. The normalized spacial score (nSPS) is 30.8. The summed E-state index contributed by atoms with van der Waals surface area (Å²) in [5, 5.41) is 16.3. The van der Waals surface area contributed by atoms with Crippen LogP contribution >= 0.6 is 0 Å². The number of ether oxygens (including phenoxy) is 2. The molecule has 0 aromatic rings. The third-order valence-electron chi connectivity index (χ3n) is 1.62. The van der Waals surface area contributed by atoms with Crippen molar-refractivity contribution in [3.8, 4) is 0 Å². The SMILES string of the molecule is O=C1CCC(=O)OC2=C(/C=N\N=N/N=N\2)O1. The molecule has 0 spiro atoms. The molecule has 0 saturated carbocycles. The molecule has 9 heteroatoms. The highest BCUT2D eigenvalue weighted by Gasteiger charge is 2.21. The first-order chi connectivity index (χ1) is 7.75. The van der Waals surface area contributed by atoms with Crippen LogP contribution in [-0.4, -0.2) is 18.2 Å². The van der Waals surface area contributed by atoms with Crippen LogP contribution < -0.4 is 0 Å². The molecule has 2 rings (SSSR count). The number of hydrogen-bond acceptors (Lipinski definition) is 9. The predicted octanol–water partition coefficient (Wildman–Crippen LogP) is 0.855. The van der Waals surface area contributed by atoms with E-state index in [2.05, 4.69) is 25.9 Å². The predicted molar refractivity (Wildman–Crippen MR) is 46.6 cm³/mol. The van der Waals surface area contributed by atoms with Crippen molar-refractivity contribution >= 4 is 18.2 Å². The Morgan fingerprint density at radius 1 is 1.00 bits per heavy atom. The average Bonchev–Trinajstić information content (AvgIpc) is 2.23. The minimum absolute atomic E-state index is 0.0673.